The average Bonchev–Trinajstić information content (AvgIpc) is 2.74. The number of hydrogen-bond acceptors (Lipinski definition) is 4. The lowest BCUT2D eigenvalue weighted by Gasteiger charge is -2.01. The number of furan rings is 1. The molecule has 0 fully saturated rings. The molecule has 0 amide bonds. The molecule has 0 bridgehead atoms. The summed E-state index contributed by atoms with van der Waals surface area (Å²) in [6.07, 6.45) is 5.13. The standard InChI is InChI=1S/C13H10O4/c1-3-8-16-11-9-6-4-5-7-10(9)17-12(11)13(14)15-2/h1,4-7H,8H2,2H3. The van der Waals surface area contributed by atoms with Crippen LogP contribution in [0.4, 0.5) is 0 Å². The minimum Gasteiger partial charge on any atom is -0.476 e. The Hall–Kier alpha value is -2.41. The van der Waals surface area contributed by atoms with Gasteiger partial charge in [-0.2, -0.15) is 0 Å². The van der Waals surface area contributed by atoms with Crippen LogP contribution >= 0.6 is 0 Å². The molecule has 0 unspecified atom stereocenters. The van der Waals surface area contributed by atoms with Crippen molar-refractivity contribution >= 4 is 16.9 Å². The second-order valence-corrected chi connectivity index (χ2v) is 3.24. The largest absolute Gasteiger partial charge is 0.476 e. The molecule has 0 radical (unpaired) electrons. The van der Waals surface area contributed by atoms with Gasteiger partial charge in [-0.3, -0.25) is 0 Å². The highest BCUT2D eigenvalue weighted by Crippen LogP contribution is 2.33. The van der Waals surface area contributed by atoms with Gasteiger partial charge in [0.15, 0.2) is 5.75 Å². The van der Waals surface area contributed by atoms with E-state index in [0.717, 1.165) is 0 Å². The van der Waals surface area contributed by atoms with Crippen molar-refractivity contribution in [2.45, 2.75) is 0 Å². The quantitative estimate of drug-likeness (QED) is 0.599. The van der Waals surface area contributed by atoms with Crippen molar-refractivity contribution in [2.75, 3.05) is 13.7 Å². The minimum atomic E-state index is -0.590. The number of methoxy groups -OCH3 is 1. The SMILES string of the molecule is C#CCOc1c(C(=O)OC)oc2ccccc12. The smallest absolute Gasteiger partial charge is 0.377 e. The minimum absolute atomic E-state index is 0.0314. The Bertz CT molecular complexity index is 589. The van der Waals surface area contributed by atoms with Crippen LogP contribution in [0.5, 0.6) is 5.75 Å². The molecule has 1 heterocycles. The molecule has 4 heteroatoms. The summed E-state index contributed by atoms with van der Waals surface area (Å²) in [5, 5.41) is 0.697. The monoisotopic (exact) mass is 230 g/mol. The van der Waals surface area contributed by atoms with Crippen LogP contribution < -0.4 is 4.74 Å². The molecule has 0 saturated carbocycles. The predicted molar refractivity (Wildman–Crippen MR) is 61.9 cm³/mol. The zero-order valence-electron chi connectivity index (χ0n) is 9.23. The van der Waals surface area contributed by atoms with Crippen molar-refractivity contribution in [3.8, 4) is 18.1 Å². The first-order valence-corrected chi connectivity index (χ1v) is 4.94. The molecule has 2 aromatic rings. The Morgan fingerprint density at radius 1 is 1.47 bits per heavy atom. The van der Waals surface area contributed by atoms with Crippen LogP contribution in [0.1, 0.15) is 10.6 Å². The molecular weight excluding hydrogens is 220 g/mol. The maximum Gasteiger partial charge on any atom is 0.377 e. The fourth-order valence-corrected chi connectivity index (χ4v) is 1.51. The Morgan fingerprint density at radius 3 is 2.94 bits per heavy atom. The maximum absolute atomic E-state index is 11.5. The molecule has 0 aliphatic carbocycles. The van der Waals surface area contributed by atoms with E-state index in [1.165, 1.54) is 7.11 Å². The highest BCUT2D eigenvalue weighted by Gasteiger charge is 2.22. The van der Waals surface area contributed by atoms with Gasteiger partial charge in [-0.25, -0.2) is 4.79 Å². The number of carbonyl (C=O) groups is 1. The number of hydrogen-bond donors (Lipinski definition) is 0. The summed E-state index contributed by atoms with van der Waals surface area (Å²) >= 11 is 0. The molecule has 0 N–H and O–H groups in total. The second kappa shape index (κ2) is 4.62. The van der Waals surface area contributed by atoms with Crippen molar-refractivity contribution in [2.24, 2.45) is 0 Å². The van der Waals surface area contributed by atoms with E-state index in [9.17, 15) is 4.79 Å². The molecule has 2 rings (SSSR count). The Labute approximate surface area is 98.1 Å². The zero-order valence-corrected chi connectivity index (χ0v) is 9.23. The lowest BCUT2D eigenvalue weighted by Crippen LogP contribution is -2.03. The Kier molecular flexibility index (Phi) is 3.01. The van der Waals surface area contributed by atoms with Crippen LogP contribution in [-0.4, -0.2) is 19.7 Å². The Morgan fingerprint density at radius 2 is 2.24 bits per heavy atom. The summed E-state index contributed by atoms with van der Waals surface area (Å²) in [4.78, 5) is 11.5. The van der Waals surface area contributed by atoms with Crippen LogP contribution in [0.25, 0.3) is 11.0 Å². The fourth-order valence-electron chi connectivity index (χ4n) is 1.51. The average molecular weight is 230 g/mol. The molecule has 4 nitrogen and oxygen atoms in total. The summed E-state index contributed by atoms with van der Waals surface area (Å²) in [5.74, 6) is 2.11. The van der Waals surface area contributed by atoms with Gasteiger partial charge in [0.2, 0.25) is 0 Å². The van der Waals surface area contributed by atoms with Gasteiger partial charge >= 0.3 is 5.97 Å². The fraction of sp³-hybridized carbons (Fsp3) is 0.154. The molecule has 0 atom stereocenters. The van der Waals surface area contributed by atoms with Crippen LogP contribution in [0.2, 0.25) is 0 Å². The van der Waals surface area contributed by atoms with E-state index < -0.39 is 5.97 Å². The molecule has 0 saturated heterocycles. The lowest BCUT2D eigenvalue weighted by atomic mass is 10.2. The third-order valence-electron chi connectivity index (χ3n) is 2.22. The zero-order chi connectivity index (χ0) is 12.3. The summed E-state index contributed by atoms with van der Waals surface area (Å²) < 4.78 is 15.3. The first kappa shape index (κ1) is 11.1. The summed E-state index contributed by atoms with van der Waals surface area (Å²) in [5.41, 5.74) is 0.555. The molecule has 86 valence electrons. The number of ether oxygens (including phenoxy) is 2. The number of benzene rings is 1. The van der Waals surface area contributed by atoms with E-state index in [1.54, 1.807) is 18.2 Å². The number of carbonyl (C=O) groups excluding carboxylic acids is 1. The van der Waals surface area contributed by atoms with Crippen LogP contribution in [-0.2, 0) is 4.74 Å². The first-order chi connectivity index (χ1) is 8.27. The van der Waals surface area contributed by atoms with Crippen molar-refractivity contribution in [3.63, 3.8) is 0 Å². The van der Waals surface area contributed by atoms with E-state index in [1.807, 2.05) is 6.07 Å². The third-order valence-corrected chi connectivity index (χ3v) is 2.22. The highest BCUT2D eigenvalue weighted by molar-refractivity contribution is 5.98. The van der Waals surface area contributed by atoms with Crippen LogP contribution in [0.15, 0.2) is 28.7 Å². The van der Waals surface area contributed by atoms with Crippen molar-refractivity contribution < 1.29 is 18.7 Å². The van der Waals surface area contributed by atoms with Gasteiger partial charge in [0.25, 0.3) is 5.76 Å². The number of rotatable bonds is 3. The summed E-state index contributed by atoms with van der Waals surface area (Å²) in [6, 6.07) is 7.15. The van der Waals surface area contributed by atoms with Gasteiger partial charge in [0.1, 0.15) is 12.2 Å². The van der Waals surface area contributed by atoms with E-state index in [0.29, 0.717) is 16.7 Å². The molecule has 1 aromatic heterocycles. The third kappa shape index (κ3) is 1.95. The second-order valence-electron chi connectivity index (χ2n) is 3.24. The van der Waals surface area contributed by atoms with Gasteiger partial charge < -0.3 is 13.9 Å². The van der Waals surface area contributed by atoms with Gasteiger partial charge in [-0.05, 0) is 12.1 Å². The summed E-state index contributed by atoms with van der Waals surface area (Å²) in [7, 11) is 1.28. The molecule has 0 aliphatic rings. The first-order valence-electron chi connectivity index (χ1n) is 4.94. The molecule has 1 aromatic carbocycles. The van der Waals surface area contributed by atoms with Crippen molar-refractivity contribution in [3.05, 3.63) is 30.0 Å². The number of esters is 1. The highest BCUT2D eigenvalue weighted by atomic mass is 16.5. The molecule has 0 spiro atoms. The number of fused-ring (bicyclic) bond motifs is 1. The van der Waals surface area contributed by atoms with Gasteiger partial charge in [0, 0.05) is 0 Å². The van der Waals surface area contributed by atoms with Gasteiger partial charge in [0.05, 0.1) is 12.5 Å². The van der Waals surface area contributed by atoms with E-state index >= 15 is 0 Å². The van der Waals surface area contributed by atoms with Gasteiger partial charge in [-0.15, -0.1) is 6.42 Å². The van der Waals surface area contributed by atoms with Crippen molar-refractivity contribution in [1.82, 2.24) is 0 Å². The Balaban J connectivity index is 2.57. The predicted octanol–water partition coefficient (Wildman–Crippen LogP) is 2.23. The van der Waals surface area contributed by atoms with Crippen LogP contribution in [0.3, 0.4) is 0 Å². The van der Waals surface area contributed by atoms with E-state index in [4.69, 9.17) is 15.6 Å². The van der Waals surface area contributed by atoms with E-state index in [2.05, 4.69) is 10.7 Å². The topological polar surface area (TPSA) is 48.7 Å². The molecular formula is C13H10O4. The normalized spacial score (nSPS) is 9.88. The number of terminal acetylenes is 1. The maximum atomic E-state index is 11.5. The lowest BCUT2D eigenvalue weighted by molar-refractivity contribution is 0.0562. The molecule has 0 aliphatic heterocycles. The van der Waals surface area contributed by atoms with Crippen molar-refractivity contribution in [1.29, 1.82) is 0 Å². The van der Waals surface area contributed by atoms with Crippen LogP contribution in [0, 0.1) is 12.3 Å². The molecule has 17 heavy (non-hydrogen) atoms. The number of para-hydroxylation sites is 1. The van der Waals surface area contributed by atoms with E-state index in [-0.39, 0.29) is 12.4 Å². The van der Waals surface area contributed by atoms with Gasteiger partial charge in [-0.1, -0.05) is 18.1 Å². The summed E-state index contributed by atoms with van der Waals surface area (Å²) in [6.45, 7) is 0.0630.